The molecule has 4 saturated heterocycles. The number of likely N-dealkylation sites (N-methyl/N-ethyl adjacent to an activating group) is 1. The third-order valence-corrected chi connectivity index (χ3v) is 11.6. The Labute approximate surface area is 347 Å². The molecule has 4 aliphatic rings. The fraction of sp³-hybridized carbons (Fsp3) is 0.537. The number of piperazine rings is 1. The Morgan fingerprint density at radius 1 is 0.949 bits per heavy atom. The highest BCUT2D eigenvalue weighted by molar-refractivity contribution is 6.30. The summed E-state index contributed by atoms with van der Waals surface area (Å²) in [6.07, 6.45) is 0.491. The van der Waals surface area contributed by atoms with Gasteiger partial charge < -0.3 is 45.0 Å². The standard InChI is InChI=1S/C41H51ClFN7O9/c1-23-15-33-41(57)59-22-31(46-36(52)30(17-25-7-5-8-28(16-25)58-4)45-35(51)18-26-10-11-27(42)19-29(26)43)39(55)48-12-6-9-32(48)40(56)49-14-13-47(3)21-34(49)37(53)44-24(2)38(54)50(33)20-23/h5,7-8,10-11,16,19,23-24,30-34H,6,9,12-15,17-18,20-22H2,1-4H3,(H,44,53)(H,45,51)(H,46,52)/t23-,24+,30+,31+,32+,33+,34+/m1/s1. The third-order valence-electron chi connectivity index (χ3n) is 11.4. The van der Waals surface area contributed by atoms with E-state index in [1.165, 1.54) is 40.9 Å². The summed E-state index contributed by atoms with van der Waals surface area (Å²) in [5.41, 5.74) is 0.628. The molecule has 0 unspecified atom stereocenters. The number of amides is 6. The summed E-state index contributed by atoms with van der Waals surface area (Å²) < 4.78 is 25.8. The number of rotatable bonds is 8. The highest BCUT2D eigenvalue weighted by Gasteiger charge is 2.46. The van der Waals surface area contributed by atoms with Crippen LogP contribution >= 0.6 is 11.6 Å². The zero-order valence-electron chi connectivity index (χ0n) is 33.6. The fourth-order valence-electron chi connectivity index (χ4n) is 8.26. The van der Waals surface area contributed by atoms with Gasteiger partial charge in [0.25, 0.3) is 0 Å². The third kappa shape index (κ3) is 10.1. The normalized spacial score (nSPS) is 26.3. The second-order valence-electron chi connectivity index (χ2n) is 15.9. The summed E-state index contributed by atoms with van der Waals surface area (Å²) in [5.74, 6) is -4.83. The van der Waals surface area contributed by atoms with Crippen LogP contribution in [0.3, 0.4) is 0 Å². The van der Waals surface area contributed by atoms with E-state index in [9.17, 15) is 38.0 Å². The lowest BCUT2D eigenvalue weighted by molar-refractivity contribution is -0.158. The molecular weight excluding hydrogens is 789 g/mol. The van der Waals surface area contributed by atoms with Crippen molar-refractivity contribution in [3.05, 3.63) is 64.4 Å². The Morgan fingerprint density at radius 3 is 2.46 bits per heavy atom. The van der Waals surface area contributed by atoms with Gasteiger partial charge in [-0.3, -0.25) is 28.8 Å². The number of carbonyl (C=O) groups excluding carboxylic acids is 7. The predicted octanol–water partition coefficient (Wildman–Crippen LogP) is 0.675. The van der Waals surface area contributed by atoms with Crippen LogP contribution < -0.4 is 20.7 Å². The number of esters is 1. The lowest BCUT2D eigenvalue weighted by Crippen LogP contribution is -2.65. The van der Waals surface area contributed by atoms with E-state index in [4.69, 9.17) is 21.1 Å². The fourth-order valence-corrected chi connectivity index (χ4v) is 8.41. The number of nitrogens with one attached hydrogen (secondary N) is 3. The van der Waals surface area contributed by atoms with E-state index >= 15 is 0 Å². The smallest absolute Gasteiger partial charge is 0.328 e. The monoisotopic (exact) mass is 839 g/mol. The number of nitrogens with zero attached hydrogens (tertiary/aromatic N) is 4. The molecule has 59 heavy (non-hydrogen) atoms. The van der Waals surface area contributed by atoms with Crippen molar-refractivity contribution in [1.82, 2.24) is 35.6 Å². The Balaban J connectivity index is 1.32. The molecule has 4 heterocycles. The molecule has 2 aromatic carbocycles. The number of hydrogen-bond acceptors (Lipinski definition) is 10. The number of fused-ring (bicyclic) bond motifs is 3. The molecule has 4 fully saturated rings. The van der Waals surface area contributed by atoms with E-state index in [2.05, 4.69) is 16.0 Å². The van der Waals surface area contributed by atoms with Crippen molar-refractivity contribution in [2.75, 3.05) is 53.5 Å². The van der Waals surface area contributed by atoms with Crippen molar-refractivity contribution in [3.63, 3.8) is 0 Å². The number of carbonyl (C=O) groups is 7. The topological polar surface area (TPSA) is 187 Å². The first-order valence-corrected chi connectivity index (χ1v) is 20.2. The molecule has 0 spiro atoms. The van der Waals surface area contributed by atoms with E-state index in [0.717, 1.165) is 6.07 Å². The molecule has 6 amide bonds. The quantitative estimate of drug-likeness (QED) is 0.319. The molecule has 3 N–H and O–H groups in total. The number of methoxy groups -OCH3 is 1. The van der Waals surface area contributed by atoms with Crippen LogP contribution in [0.4, 0.5) is 4.39 Å². The van der Waals surface area contributed by atoms with Gasteiger partial charge in [-0.25, -0.2) is 9.18 Å². The van der Waals surface area contributed by atoms with Crippen molar-refractivity contribution in [2.45, 2.75) is 82.2 Å². The van der Waals surface area contributed by atoms with Gasteiger partial charge in [0.1, 0.15) is 54.4 Å². The van der Waals surface area contributed by atoms with Gasteiger partial charge in [0.2, 0.25) is 35.4 Å². The molecule has 4 aliphatic heterocycles. The molecule has 318 valence electrons. The summed E-state index contributed by atoms with van der Waals surface area (Å²) >= 11 is 5.90. The number of hydrogen-bond donors (Lipinski definition) is 3. The first-order chi connectivity index (χ1) is 28.1. The summed E-state index contributed by atoms with van der Waals surface area (Å²) in [5, 5.41) is 8.27. The largest absolute Gasteiger partial charge is 0.497 e. The van der Waals surface area contributed by atoms with Crippen LogP contribution in [0.5, 0.6) is 5.75 Å². The van der Waals surface area contributed by atoms with Crippen LogP contribution in [-0.2, 0) is 51.1 Å². The molecule has 0 aromatic heterocycles. The average molecular weight is 840 g/mol. The van der Waals surface area contributed by atoms with Crippen LogP contribution in [0.1, 0.15) is 44.2 Å². The lowest BCUT2D eigenvalue weighted by Gasteiger charge is -2.42. The molecule has 7 atom stereocenters. The Hall–Kier alpha value is -5.29. The minimum atomic E-state index is -1.53. The van der Waals surface area contributed by atoms with E-state index in [1.807, 2.05) is 18.9 Å². The molecule has 2 aromatic rings. The zero-order chi connectivity index (χ0) is 42.5. The summed E-state index contributed by atoms with van der Waals surface area (Å²) in [4.78, 5) is 104. The molecule has 0 radical (unpaired) electrons. The van der Waals surface area contributed by atoms with Crippen LogP contribution in [0, 0.1) is 11.7 Å². The Kier molecular flexibility index (Phi) is 13.8. The molecule has 18 heteroatoms. The molecule has 0 bridgehead atoms. The number of ether oxygens (including phenoxy) is 2. The first kappa shape index (κ1) is 43.3. The van der Waals surface area contributed by atoms with Gasteiger partial charge >= 0.3 is 5.97 Å². The summed E-state index contributed by atoms with van der Waals surface area (Å²) in [7, 11) is 3.30. The van der Waals surface area contributed by atoms with Gasteiger partial charge in [-0.2, -0.15) is 0 Å². The Bertz CT molecular complexity index is 1970. The van der Waals surface area contributed by atoms with E-state index in [0.29, 0.717) is 24.3 Å². The van der Waals surface area contributed by atoms with Crippen molar-refractivity contribution < 1.29 is 47.4 Å². The second-order valence-corrected chi connectivity index (χ2v) is 16.3. The van der Waals surface area contributed by atoms with Crippen LogP contribution in [0.2, 0.25) is 5.02 Å². The van der Waals surface area contributed by atoms with Crippen molar-refractivity contribution in [2.24, 2.45) is 5.92 Å². The van der Waals surface area contributed by atoms with Gasteiger partial charge in [0.15, 0.2) is 0 Å². The lowest BCUT2D eigenvalue weighted by atomic mass is 10.0. The van der Waals surface area contributed by atoms with Crippen LogP contribution in [-0.4, -0.2) is 151 Å². The van der Waals surface area contributed by atoms with Gasteiger partial charge in [0.05, 0.1) is 13.5 Å². The zero-order valence-corrected chi connectivity index (χ0v) is 34.3. The predicted molar refractivity (Wildman–Crippen MR) is 211 cm³/mol. The van der Waals surface area contributed by atoms with E-state index < -0.39 is 96.5 Å². The number of halogens is 2. The van der Waals surface area contributed by atoms with Crippen molar-refractivity contribution >= 4 is 53.0 Å². The second kappa shape index (κ2) is 18.7. The maximum Gasteiger partial charge on any atom is 0.328 e. The van der Waals surface area contributed by atoms with Gasteiger partial charge in [0, 0.05) is 44.2 Å². The van der Waals surface area contributed by atoms with E-state index in [1.54, 1.807) is 24.3 Å². The van der Waals surface area contributed by atoms with E-state index in [-0.39, 0.29) is 61.9 Å². The van der Waals surface area contributed by atoms with Crippen LogP contribution in [0.15, 0.2) is 42.5 Å². The number of cyclic esters (lactones) is 1. The molecule has 0 aliphatic carbocycles. The van der Waals surface area contributed by atoms with Gasteiger partial charge in [-0.15, -0.1) is 0 Å². The molecule has 6 rings (SSSR count). The van der Waals surface area contributed by atoms with Gasteiger partial charge in [-0.05, 0) is 74.5 Å². The minimum absolute atomic E-state index is 0.0417. The maximum absolute atomic E-state index is 14.7. The summed E-state index contributed by atoms with van der Waals surface area (Å²) in [6.45, 7) is 3.99. The molecule has 0 saturated carbocycles. The summed E-state index contributed by atoms with van der Waals surface area (Å²) in [6, 6.07) is 3.84. The molecule has 16 nitrogen and oxygen atoms in total. The van der Waals surface area contributed by atoms with Crippen molar-refractivity contribution in [3.8, 4) is 5.75 Å². The Morgan fingerprint density at radius 2 is 1.71 bits per heavy atom. The van der Waals surface area contributed by atoms with Crippen molar-refractivity contribution in [1.29, 1.82) is 0 Å². The highest BCUT2D eigenvalue weighted by atomic mass is 35.5. The minimum Gasteiger partial charge on any atom is -0.497 e. The SMILES string of the molecule is COc1cccc(C[C@H](NC(=O)Cc2ccc(Cl)cc2F)C(=O)N[C@H]2COC(=O)[C@@H]3C[C@@H](C)CN3C(=O)[C@H](C)NC(=O)[C@@H]3CN(C)CCN3C(=O)[C@@H]3CCCN3C2=O)c1. The van der Waals surface area contributed by atoms with Crippen LogP contribution in [0.25, 0.3) is 0 Å². The van der Waals surface area contributed by atoms with Gasteiger partial charge in [-0.1, -0.05) is 36.7 Å². The highest BCUT2D eigenvalue weighted by Crippen LogP contribution is 2.27. The average Bonchev–Trinajstić information content (AvgIpc) is 3.86. The number of benzene rings is 2. The first-order valence-electron chi connectivity index (χ1n) is 19.9. The maximum atomic E-state index is 14.7. The molecular formula is C41H51ClFN7O9.